The van der Waals surface area contributed by atoms with Gasteiger partial charge >= 0.3 is 0 Å². The van der Waals surface area contributed by atoms with Gasteiger partial charge in [0, 0.05) is 24.8 Å². The van der Waals surface area contributed by atoms with Gasteiger partial charge in [0.25, 0.3) is 0 Å². The van der Waals surface area contributed by atoms with Crippen molar-refractivity contribution in [3.8, 4) is 5.75 Å². The van der Waals surface area contributed by atoms with Crippen LogP contribution in [0.4, 0.5) is 0 Å². The van der Waals surface area contributed by atoms with Crippen LogP contribution in [-0.2, 0) is 13.5 Å². The largest absolute Gasteiger partial charge is 0.493 e. The van der Waals surface area contributed by atoms with Gasteiger partial charge in [-0.1, -0.05) is 17.7 Å². The molecule has 0 unspecified atom stereocenters. The van der Waals surface area contributed by atoms with Gasteiger partial charge < -0.3 is 10.1 Å². The van der Waals surface area contributed by atoms with Gasteiger partial charge in [-0.05, 0) is 50.8 Å². The summed E-state index contributed by atoms with van der Waals surface area (Å²) in [4.78, 5) is 0. The van der Waals surface area contributed by atoms with Crippen molar-refractivity contribution in [1.82, 2.24) is 15.1 Å². The lowest BCUT2D eigenvalue weighted by Gasteiger charge is -2.19. The van der Waals surface area contributed by atoms with E-state index in [0.29, 0.717) is 6.04 Å². The molecule has 2 aromatic rings. The molecule has 1 aliphatic heterocycles. The Morgan fingerprint density at radius 2 is 2.32 bits per heavy atom. The molecule has 0 radical (unpaired) electrons. The van der Waals surface area contributed by atoms with Crippen LogP contribution in [0.3, 0.4) is 0 Å². The average Bonchev–Trinajstić information content (AvgIpc) is 2.81. The highest BCUT2D eigenvalue weighted by molar-refractivity contribution is 5.39. The Labute approximate surface area is 132 Å². The fraction of sp³-hybridized carbons (Fsp3) is 0.500. The number of fused-ring (bicyclic) bond motifs is 1. The third-order valence-corrected chi connectivity index (χ3v) is 4.23. The maximum Gasteiger partial charge on any atom is 0.124 e. The molecule has 0 amide bonds. The summed E-state index contributed by atoms with van der Waals surface area (Å²) in [6.07, 6.45) is 8.50. The molecular formula is C18H25N3O. The number of aromatic nitrogens is 2. The molecule has 4 nitrogen and oxygen atoms in total. The molecule has 4 heteroatoms. The van der Waals surface area contributed by atoms with E-state index >= 15 is 0 Å². The summed E-state index contributed by atoms with van der Waals surface area (Å²) in [5.41, 5.74) is 3.93. The second-order valence-corrected chi connectivity index (χ2v) is 6.16. The predicted molar refractivity (Wildman–Crippen MR) is 88.2 cm³/mol. The molecule has 1 aromatic heterocycles. The van der Waals surface area contributed by atoms with E-state index in [0.717, 1.165) is 44.6 Å². The lowest BCUT2D eigenvalue weighted by molar-refractivity contribution is 0.315. The van der Waals surface area contributed by atoms with E-state index in [2.05, 4.69) is 41.7 Å². The van der Waals surface area contributed by atoms with Crippen molar-refractivity contribution in [1.29, 1.82) is 0 Å². The van der Waals surface area contributed by atoms with Crippen LogP contribution in [0.25, 0.3) is 0 Å². The van der Waals surface area contributed by atoms with Crippen LogP contribution in [0.2, 0.25) is 0 Å². The van der Waals surface area contributed by atoms with Gasteiger partial charge in [0.2, 0.25) is 0 Å². The molecule has 1 aliphatic rings. The fourth-order valence-electron chi connectivity index (χ4n) is 3.08. The molecule has 0 saturated carbocycles. The van der Waals surface area contributed by atoms with E-state index < -0.39 is 0 Å². The maximum absolute atomic E-state index is 5.86. The summed E-state index contributed by atoms with van der Waals surface area (Å²) in [5, 5.41) is 7.93. The molecule has 1 atom stereocenters. The van der Waals surface area contributed by atoms with Gasteiger partial charge in [0.05, 0.1) is 12.8 Å². The minimum atomic E-state index is 0.409. The number of benzene rings is 1. The molecule has 0 fully saturated rings. The summed E-state index contributed by atoms with van der Waals surface area (Å²) < 4.78 is 7.73. The first-order chi connectivity index (χ1) is 10.7. The fourth-order valence-corrected chi connectivity index (χ4v) is 3.08. The summed E-state index contributed by atoms with van der Waals surface area (Å²) in [6, 6.07) is 6.91. The topological polar surface area (TPSA) is 39.1 Å². The van der Waals surface area contributed by atoms with Gasteiger partial charge in [0.1, 0.15) is 5.75 Å². The van der Waals surface area contributed by atoms with E-state index in [-0.39, 0.29) is 0 Å². The zero-order chi connectivity index (χ0) is 15.4. The van der Waals surface area contributed by atoms with E-state index in [4.69, 9.17) is 4.74 Å². The Morgan fingerprint density at radius 3 is 3.14 bits per heavy atom. The van der Waals surface area contributed by atoms with Crippen molar-refractivity contribution >= 4 is 0 Å². The first-order valence-electron chi connectivity index (χ1n) is 8.16. The van der Waals surface area contributed by atoms with Crippen LogP contribution in [0.5, 0.6) is 5.75 Å². The van der Waals surface area contributed by atoms with Gasteiger partial charge in [-0.25, -0.2) is 0 Å². The number of ether oxygens (including phenoxy) is 1. The second kappa shape index (κ2) is 6.97. The van der Waals surface area contributed by atoms with Crippen LogP contribution < -0.4 is 10.1 Å². The highest BCUT2D eigenvalue weighted by Crippen LogP contribution is 2.32. The molecule has 0 saturated heterocycles. The van der Waals surface area contributed by atoms with Crippen LogP contribution in [0.1, 0.15) is 42.0 Å². The molecule has 22 heavy (non-hydrogen) atoms. The van der Waals surface area contributed by atoms with Crippen LogP contribution in [-0.4, -0.2) is 22.9 Å². The third-order valence-electron chi connectivity index (χ3n) is 4.23. The number of nitrogens with zero attached hydrogens (tertiary/aromatic N) is 2. The molecule has 0 spiro atoms. The lowest BCUT2D eigenvalue weighted by atomic mass is 10.00. The van der Waals surface area contributed by atoms with Crippen LogP contribution in [0.15, 0.2) is 30.6 Å². The van der Waals surface area contributed by atoms with E-state index in [9.17, 15) is 0 Å². The van der Waals surface area contributed by atoms with Crippen molar-refractivity contribution in [3.63, 3.8) is 0 Å². The van der Waals surface area contributed by atoms with Gasteiger partial charge in [-0.15, -0.1) is 0 Å². The Hall–Kier alpha value is -1.81. The van der Waals surface area contributed by atoms with E-state index in [1.165, 1.54) is 16.7 Å². The van der Waals surface area contributed by atoms with Crippen LogP contribution in [0, 0.1) is 6.92 Å². The number of nitrogens with one attached hydrogen (secondary N) is 1. The Bertz CT molecular complexity index is 621. The SMILES string of the molecule is Cc1ccc2c(c1)[C@@H](NCCCc1cnn(C)c1)CCCO2. The Balaban J connectivity index is 1.57. The van der Waals surface area contributed by atoms with Crippen molar-refractivity contribution in [3.05, 3.63) is 47.3 Å². The van der Waals surface area contributed by atoms with E-state index in [1.807, 2.05) is 17.9 Å². The summed E-state index contributed by atoms with van der Waals surface area (Å²) in [7, 11) is 1.96. The molecule has 0 aliphatic carbocycles. The molecule has 2 heterocycles. The monoisotopic (exact) mass is 299 g/mol. The number of aryl methyl sites for hydroxylation is 3. The van der Waals surface area contributed by atoms with Gasteiger partial charge in [0.15, 0.2) is 0 Å². The normalized spacial score (nSPS) is 17.6. The molecule has 1 N–H and O–H groups in total. The molecule has 1 aromatic carbocycles. The predicted octanol–water partition coefficient (Wildman–Crippen LogP) is 3.16. The molecule has 118 valence electrons. The zero-order valence-electron chi connectivity index (χ0n) is 13.5. The smallest absolute Gasteiger partial charge is 0.124 e. The van der Waals surface area contributed by atoms with E-state index in [1.54, 1.807) is 0 Å². The van der Waals surface area contributed by atoms with Gasteiger partial charge in [-0.2, -0.15) is 5.10 Å². The Morgan fingerprint density at radius 1 is 1.41 bits per heavy atom. The minimum absolute atomic E-state index is 0.409. The summed E-state index contributed by atoms with van der Waals surface area (Å²) in [5.74, 6) is 1.05. The molecule has 3 rings (SSSR count). The molecular weight excluding hydrogens is 274 g/mol. The Kier molecular flexibility index (Phi) is 4.78. The first-order valence-corrected chi connectivity index (χ1v) is 8.16. The van der Waals surface area contributed by atoms with Crippen LogP contribution >= 0.6 is 0 Å². The summed E-state index contributed by atoms with van der Waals surface area (Å²) in [6.45, 7) is 3.99. The average molecular weight is 299 g/mol. The standard InChI is InChI=1S/C18H25N3O/c1-14-7-8-18-16(11-14)17(6-4-10-22-18)19-9-3-5-15-12-20-21(2)13-15/h7-8,11-13,17,19H,3-6,9-10H2,1-2H3/t17-/m0/s1. The van der Waals surface area contributed by atoms with Crippen molar-refractivity contribution in [2.45, 2.75) is 38.6 Å². The number of hydrogen-bond acceptors (Lipinski definition) is 3. The second-order valence-electron chi connectivity index (χ2n) is 6.16. The van der Waals surface area contributed by atoms with Crippen molar-refractivity contribution < 1.29 is 4.74 Å². The zero-order valence-corrected chi connectivity index (χ0v) is 13.5. The third kappa shape index (κ3) is 3.69. The van der Waals surface area contributed by atoms with Crippen molar-refractivity contribution in [2.75, 3.05) is 13.2 Å². The quantitative estimate of drug-likeness (QED) is 0.862. The molecule has 0 bridgehead atoms. The number of hydrogen-bond donors (Lipinski definition) is 1. The van der Waals surface area contributed by atoms with Crippen molar-refractivity contribution in [2.24, 2.45) is 7.05 Å². The maximum atomic E-state index is 5.86. The highest BCUT2D eigenvalue weighted by atomic mass is 16.5. The highest BCUT2D eigenvalue weighted by Gasteiger charge is 2.19. The lowest BCUT2D eigenvalue weighted by Crippen LogP contribution is -2.22. The van der Waals surface area contributed by atoms with Gasteiger partial charge in [-0.3, -0.25) is 4.68 Å². The minimum Gasteiger partial charge on any atom is -0.493 e. The number of rotatable bonds is 5. The summed E-state index contributed by atoms with van der Waals surface area (Å²) >= 11 is 0. The first kappa shape index (κ1) is 15.1.